The Labute approximate surface area is 124 Å². The molecule has 0 saturated carbocycles. The van der Waals surface area contributed by atoms with Gasteiger partial charge in [0.1, 0.15) is 0 Å². The molecule has 0 fully saturated rings. The molecule has 1 aromatic heterocycles. The van der Waals surface area contributed by atoms with E-state index in [9.17, 15) is 4.79 Å². The molecule has 1 aromatic carbocycles. The smallest absolute Gasteiger partial charge is 0.223 e. The van der Waals surface area contributed by atoms with Crippen LogP contribution in [0.1, 0.15) is 11.3 Å². The molecule has 0 aliphatic heterocycles. The van der Waals surface area contributed by atoms with E-state index in [1.807, 2.05) is 6.07 Å². The van der Waals surface area contributed by atoms with Crippen molar-refractivity contribution in [3.63, 3.8) is 0 Å². The van der Waals surface area contributed by atoms with Crippen molar-refractivity contribution in [3.05, 3.63) is 46.7 Å². The van der Waals surface area contributed by atoms with Crippen LogP contribution in [0.4, 0.5) is 0 Å². The Morgan fingerprint density at radius 1 is 1.20 bits per heavy atom. The van der Waals surface area contributed by atoms with Crippen molar-refractivity contribution in [2.75, 3.05) is 20.6 Å². The molecule has 0 saturated heterocycles. The second-order valence-corrected chi connectivity index (χ2v) is 5.88. The van der Waals surface area contributed by atoms with E-state index < -0.39 is 0 Å². The zero-order valence-electron chi connectivity index (χ0n) is 11.9. The van der Waals surface area contributed by atoms with Crippen molar-refractivity contribution in [3.8, 4) is 11.1 Å². The van der Waals surface area contributed by atoms with Crippen LogP contribution in [-0.4, -0.2) is 31.4 Å². The molecule has 106 valence electrons. The summed E-state index contributed by atoms with van der Waals surface area (Å²) >= 11 is 1.75. The third kappa shape index (κ3) is 4.18. The van der Waals surface area contributed by atoms with Crippen LogP contribution in [0, 0.1) is 0 Å². The second-order valence-electron chi connectivity index (χ2n) is 4.88. The van der Waals surface area contributed by atoms with Gasteiger partial charge in [-0.05, 0) is 22.6 Å². The van der Waals surface area contributed by atoms with Gasteiger partial charge in [-0.1, -0.05) is 30.3 Å². The molecule has 0 radical (unpaired) electrons. The van der Waals surface area contributed by atoms with Crippen molar-refractivity contribution in [1.29, 1.82) is 0 Å². The summed E-state index contributed by atoms with van der Waals surface area (Å²) in [6, 6.07) is 12.6. The number of carbonyl (C=O) groups excluding carboxylic acids is 1. The molecule has 0 spiro atoms. The Bertz CT molecular complexity index is 549. The van der Waals surface area contributed by atoms with Crippen LogP contribution in [0.15, 0.2) is 41.8 Å². The highest BCUT2D eigenvalue weighted by atomic mass is 32.1. The highest BCUT2D eigenvalue weighted by Crippen LogP contribution is 2.25. The molecule has 0 aliphatic carbocycles. The van der Waals surface area contributed by atoms with Crippen LogP contribution in [0.3, 0.4) is 0 Å². The van der Waals surface area contributed by atoms with E-state index >= 15 is 0 Å². The second kappa shape index (κ2) is 7.22. The predicted octanol–water partition coefficient (Wildman–Crippen LogP) is 2.98. The van der Waals surface area contributed by atoms with Gasteiger partial charge >= 0.3 is 0 Å². The fourth-order valence-electron chi connectivity index (χ4n) is 1.89. The zero-order chi connectivity index (χ0) is 14.4. The van der Waals surface area contributed by atoms with Gasteiger partial charge in [-0.2, -0.15) is 0 Å². The Morgan fingerprint density at radius 2 is 1.95 bits per heavy atom. The summed E-state index contributed by atoms with van der Waals surface area (Å²) in [5.74, 6) is 0.161. The zero-order valence-corrected chi connectivity index (χ0v) is 12.7. The SMILES string of the molecule is CN(C)C(=O)CCNCc1cc(-c2ccccc2)cs1. The number of hydrogen-bond acceptors (Lipinski definition) is 3. The molecular weight excluding hydrogens is 268 g/mol. The first-order chi connectivity index (χ1) is 9.66. The number of rotatable bonds is 6. The first-order valence-electron chi connectivity index (χ1n) is 6.70. The third-order valence-corrected chi connectivity index (χ3v) is 4.01. The van der Waals surface area contributed by atoms with E-state index in [1.165, 1.54) is 16.0 Å². The quantitative estimate of drug-likeness (QED) is 0.829. The average molecular weight is 288 g/mol. The first-order valence-corrected chi connectivity index (χ1v) is 7.58. The van der Waals surface area contributed by atoms with Gasteiger partial charge in [0.15, 0.2) is 0 Å². The lowest BCUT2D eigenvalue weighted by Crippen LogP contribution is -2.26. The summed E-state index contributed by atoms with van der Waals surface area (Å²) < 4.78 is 0. The van der Waals surface area contributed by atoms with E-state index in [4.69, 9.17) is 0 Å². The number of amides is 1. The van der Waals surface area contributed by atoms with E-state index in [2.05, 4.69) is 41.0 Å². The molecule has 2 aromatic rings. The lowest BCUT2D eigenvalue weighted by molar-refractivity contribution is -0.128. The van der Waals surface area contributed by atoms with E-state index in [0.717, 1.165) is 13.1 Å². The highest BCUT2D eigenvalue weighted by molar-refractivity contribution is 7.10. The van der Waals surface area contributed by atoms with E-state index in [1.54, 1.807) is 30.3 Å². The number of carbonyl (C=O) groups is 1. The monoisotopic (exact) mass is 288 g/mol. The molecular formula is C16H20N2OS. The summed E-state index contributed by atoms with van der Waals surface area (Å²) in [7, 11) is 3.57. The summed E-state index contributed by atoms with van der Waals surface area (Å²) in [6.45, 7) is 1.54. The van der Waals surface area contributed by atoms with Crippen molar-refractivity contribution >= 4 is 17.2 Å². The van der Waals surface area contributed by atoms with Crippen LogP contribution in [0.25, 0.3) is 11.1 Å². The van der Waals surface area contributed by atoms with Crippen molar-refractivity contribution < 1.29 is 4.79 Å². The van der Waals surface area contributed by atoms with Crippen LogP contribution < -0.4 is 5.32 Å². The molecule has 1 heterocycles. The normalized spacial score (nSPS) is 10.5. The van der Waals surface area contributed by atoms with Crippen LogP contribution >= 0.6 is 11.3 Å². The predicted molar refractivity (Wildman–Crippen MR) is 84.8 cm³/mol. The molecule has 0 unspecified atom stereocenters. The molecule has 0 aliphatic rings. The minimum atomic E-state index is 0.161. The number of thiophene rings is 1. The molecule has 20 heavy (non-hydrogen) atoms. The minimum absolute atomic E-state index is 0.161. The van der Waals surface area contributed by atoms with Crippen LogP contribution in [0.5, 0.6) is 0 Å². The summed E-state index contributed by atoms with van der Waals surface area (Å²) in [5.41, 5.74) is 2.51. The lowest BCUT2D eigenvalue weighted by atomic mass is 10.1. The maximum absolute atomic E-state index is 11.4. The van der Waals surface area contributed by atoms with Gasteiger partial charge in [0.25, 0.3) is 0 Å². The lowest BCUT2D eigenvalue weighted by Gasteiger charge is -2.09. The van der Waals surface area contributed by atoms with Gasteiger partial charge in [0.2, 0.25) is 5.91 Å². The third-order valence-electron chi connectivity index (χ3n) is 3.07. The average Bonchev–Trinajstić information content (AvgIpc) is 2.93. The molecule has 2 rings (SSSR count). The minimum Gasteiger partial charge on any atom is -0.349 e. The van der Waals surface area contributed by atoms with E-state index in [-0.39, 0.29) is 5.91 Å². The standard InChI is InChI=1S/C16H20N2OS/c1-18(2)16(19)8-9-17-11-15-10-14(12-20-15)13-6-4-3-5-7-13/h3-7,10,12,17H,8-9,11H2,1-2H3. The van der Waals surface area contributed by atoms with Gasteiger partial charge in [-0.3, -0.25) is 4.79 Å². The van der Waals surface area contributed by atoms with Crippen molar-refractivity contribution in [2.24, 2.45) is 0 Å². The van der Waals surface area contributed by atoms with Crippen molar-refractivity contribution in [1.82, 2.24) is 10.2 Å². The number of hydrogen-bond donors (Lipinski definition) is 1. The van der Waals surface area contributed by atoms with Gasteiger partial charge < -0.3 is 10.2 Å². The molecule has 1 amide bonds. The Hall–Kier alpha value is -1.65. The Morgan fingerprint density at radius 3 is 2.65 bits per heavy atom. The fraction of sp³-hybridized carbons (Fsp3) is 0.312. The van der Waals surface area contributed by atoms with Crippen molar-refractivity contribution in [2.45, 2.75) is 13.0 Å². The highest BCUT2D eigenvalue weighted by Gasteiger charge is 2.04. The number of benzene rings is 1. The molecule has 4 heteroatoms. The molecule has 1 N–H and O–H groups in total. The fourth-order valence-corrected chi connectivity index (χ4v) is 2.75. The number of nitrogens with one attached hydrogen (secondary N) is 1. The first kappa shape index (κ1) is 14.8. The van der Waals surface area contributed by atoms with Gasteiger partial charge in [-0.25, -0.2) is 0 Å². The maximum atomic E-state index is 11.4. The van der Waals surface area contributed by atoms with Gasteiger partial charge in [-0.15, -0.1) is 11.3 Å². The molecule has 0 atom stereocenters. The Balaban J connectivity index is 1.81. The summed E-state index contributed by atoms with van der Waals surface area (Å²) in [6.07, 6.45) is 0.546. The van der Waals surface area contributed by atoms with E-state index in [0.29, 0.717) is 6.42 Å². The maximum Gasteiger partial charge on any atom is 0.223 e. The van der Waals surface area contributed by atoms with Crippen LogP contribution in [-0.2, 0) is 11.3 Å². The van der Waals surface area contributed by atoms with Gasteiger partial charge in [0.05, 0.1) is 0 Å². The van der Waals surface area contributed by atoms with Crippen LogP contribution in [0.2, 0.25) is 0 Å². The molecule has 0 bridgehead atoms. The summed E-state index contributed by atoms with van der Waals surface area (Å²) in [4.78, 5) is 14.3. The topological polar surface area (TPSA) is 32.3 Å². The Kier molecular flexibility index (Phi) is 5.32. The number of nitrogens with zero attached hydrogens (tertiary/aromatic N) is 1. The largest absolute Gasteiger partial charge is 0.349 e. The van der Waals surface area contributed by atoms with Gasteiger partial charge in [0, 0.05) is 38.5 Å². The molecule has 3 nitrogen and oxygen atoms in total. The summed E-state index contributed by atoms with van der Waals surface area (Å²) in [5, 5.41) is 5.49.